The van der Waals surface area contributed by atoms with Gasteiger partial charge in [0.15, 0.2) is 6.10 Å². The number of allylic oxidation sites excluding steroid dienone is 1. The average Bonchev–Trinajstić information content (AvgIpc) is 2.78. The van der Waals surface area contributed by atoms with E-state index < -0.39 is 47.8 Å². The lowest BCUT2D eigenvalue weighted by Crippen LogP contribution is -2.60. The van der Waals surface area contributed by atoms with Crippen LogP contribution in [0.2, 0.25) is 0 Å². The third kappa shape index (κ3) is 9.06. The lowest BCUT2D eigenvalue weighted by atomic mass is 9.96. The number of primary amides is 1. The van der Waals surface area contributed by atoms with Gasteiger partial charge in [0.2, 0.25) is 5.91 Å². The highest BCUT2D eigenvalue weighted by Gasteiger charge is 2.34. The van der Waals surface area contributed by atoms with Gasteiger partial charge in [-0.05, 0) is 66.0 Å². The quantitative estimate of drug-likeness (QED) is 0.263. The first-order valence-corrected chi connectivity index (χ1v) is 12.0. The summed E-state index contributed by atoms with van der Waals surface area (Å²) in [7, 11) is 3.97. The molecule has 0 spiro atoms. The first-order chi connectivity index (χ1) is 15.9. The maximum Gasteiger partial charge on any atom is 0.310 e. The van der Waals surface area contributed by atoms with Crippen LogP contribution in [0.5, 0.6) is 0 Å². The van der Waals surface area contributed by atoms with Gasteiger partial charge in [0.05, 0.1) is 5.92 Å². The van der Waals surface area contributed by atoms with Crippen molar-refractivity contribution in [2.24, 2.45) is 17.6 Å². The van der Waals surface area contributed by atoms with Crippen LogP contribution in [0.1, 0.15) is 59.8 Å². The molecular formula is C24H43N5O5. The zero-order chi connectivity index (χ0) is 26.0. The minimum Gasteiger partial charge on any atom is -0.452 e. The number of nitrogens with two attached hydrogens (primary N) is 1. The first kappa shape index (κ1) is 29.6. The van der Waals surface area contributed by atoms with Crippen LogP contribution < -0.4 is 16.5 Å². The molecule has 0 saturated carbocycles. The van der Waals surface area contributed by atoms with Crippen LogP contribution in [0.15, 0.2) is 12.7 Å². The van der Waals surface area contributed by atoms with Crippen molar-refractivity contribution >= 4 is 23.7 Å². The standard InChI is InChI=1S/C24H43N5O5/c1-8-10-18(13-12-16(4)28(6)7)24(33)34-20(15(2)3)22(31)26-17(5)23(32)29-14-9-11-19(27-29)21(25)30/h8,15-20,27H,1,9-14H2,2-7H3,(H2,25,30)(H,26,31). The Kier molecular flexibility index (Phi) is 12.2. The van der Waals surface area contributed by atoms with Crippen LogP contribution in [-0.4, -0.2) is 78.5 Å². The molecule has 0 aromatic carbocycles. The summed E-state index contributed by atoms with van der Waals surface area (Å²) in [6.07, 6.45) is 3.70. The fourth-order valence-corrected chi connectivity index (χ4v) is 3.69. The van der Waals surface area contributed by atoms with Crippen LogP contribution in [0.3, 0.4) is 0 Å². The molecule has 0 aromatic heterocycles. The number of nitrogens with zero attached hydrogens (tertiary/aromatic N) is 2. The first-order valence-electron chi connectivity index (χ1n) is 12.0. The smallest absolute Gasteiger partial charge is 0.310 e. The van der Waals surface area contributed by atoms with Gasteiger partial charge in [0.1, 0.15) is 12.1 Å². The number of hydrogen-bond acceptors (Lipinski definition) is 7. The third-order valence-electron chi connectivity index (χ3n) is 6.23. The second kappa shape index (κ2) is 14.1. The molecule has 1 heterocycles. The zero-order valence-electron chi connectivity index (χ0n) is 21.5. The van der Waals surface area contributed by atoms with Gasteiger partial charge in [-0.1, -0.05) is 19.9 Å². The Labute approximate surface area is 203 Å². The van der Waals surface area contributed by atoms with Crippen molar-refractivity contribution in [2.45, 2.75) is 84.0 Å². The Morgan fingerprint density at radius 2 is 1.85 bits per heavy atom. The van der Waals surface area contributed by atoms with Gasteiger partial charge in [0.25, 0.3) is 11.8 Å². The van der Waals surface area contributed by atoms with E-state index in [0.717, 1.165) is 6.42 Å². The molecule has 1 saturated heterocycles. The highest BCUT2D eigenvalue weighted by Crippen LogP contribution is 2.20. The van der Waals surface area contributed by atoms with E-state index in [1.807, 2.05) is 14.1 Å². The topological polar surface area (TPSA) is 134 Å². The number of esters is 1. The van der Waals surface area contributed by atoms with E-state index in [1.54, 1.807) is 26.8 Å². The van der Waals surface area contributed by atoms with Gasteiger partial charge in [-0.25, -0.2) is 5.43 Å². The summed E-state index contributed by atoms with van der Waals surface area (Å²) in [4.78, 5) is 52.2. The minimum atomic E-state index is -1.03. The number of hydrazine groups is 1. The molecule has 34 heavy (non-hydrogen) atoms. The summed E-state index contributed by atoms with van der Waals surface area (Å²) in [5, 5.41) is 3.97. The lowest BCUT2D eigenvalue weighted by molar-refractivity contribution is -0.163. The molecular weight excluding hydrogens is 438 g/mol. The highest BCUT2D eigenvalue weighted by atomic mass is 16.5. The SMILES string of the molecule is C=CCC(CCC(C)N(C)C)C(=O)OC(C(=O)NC(C)C(=O)N1CCCC(C(N)=O)N1)C(C)C. The van der Waals surface area contributed by atoms with Gasteiger partial charge >= 0.3 is 5.97 Å². The van der Waals surface area contributed by atoms with Crippen molar-refractivity contribution in [1.29, 1.82) is 0 Å². The molecule has 1 aliphatic heterocycles. The average molecular weight is 482 g/mol. The van der Waals surface area contributed by atoms with E-state index >= 15 is 0 Å². The number of carbonyl (C=O) groups is 4. The van der Waals surface area contributed by atoms with E-state index in [1.165, 1.54) is 5.01 Å². The maximum absolute atomic E-state index is 12.9. The molecule has 1 fully saturated rings. The molecule has 10 nitrogen and oxygen atoms in total. The maximum atomic E-state index is 12.9. The van der Waals surface area contributed by atoms with Gasteiger partial charge in [0, 0.05) is 12.6 Å². The Balaban J connectivity index is 2.77. The molecule has 10 heteroatoms. The minimum absolute atomic E-state index is 0.288. The van der Waals surface area contributed by atoms with Gasteiger partial charge < -0.3 is 20.7 Å². The van der Waals surface area contributed by atoms with Crippen molar-refractivity contribution in [1.82, 2.24) is 20.7 Å². The van der Waals surface area contributed by atoms with E-state index in [2.05, 4.69) is 29.1 Å². The van der Waals surface area contributed by atoms with Crippen molar-refractivity contribution in [3.05, 3.63) is 12.7 Å². The second-order valence-corrected chi connectivity index (χ2v) is 9.66. The zero-order valence-corrected chi connectivity index (χ0v) is 21.5. The highest BCUT2D eigenvalue weighted by molar-refractivity contribution is 5.90. The van der Waals surface area contributed by atoms with Gasteiger partial charge in [-0.3, -0.25) is 24.2 Å². The largest absolute Gasteiger partial charge is 0.452 e. The second-order valence-electron chi connectivity index (χ2n) is 9.66. The molecule has 4 N–H and O–H groups in total. The van der Waals surface area contributed by atoms with E-state index in [4.69, 9.17) is 10.5 Å². The number of carbonyl (C=O) groups excluding carboxylic acids is 4. The van der Waals surface area contributed by atoms with E-state index in [0.29, 0.717) is 38.3 Å². The molecule has 1 rings (SSSR count). The number of rotatable bonds is 13. The van der Waals surface area contributed by atoms with Crippen molar-refractivity contribution in [3.63, 3.8) is 0 Å². The summed E-state index contributed by atoms with van der Waals surface area (Å²) < 4.78 is 5.64. The van der Waals surface area contributed by atoms with Crippen LogP contribution in [0.25, 0.3) is 0 Å². The van der Waals surface area contributed by atoms with Crippen molar-refractivity contribution in [3.8, 4) is 0 Å². The van der Waals surface area contributed by atoms with E-state index in [-0.39, 0.29) is 5.92 Å². The molecule has 0 aliphatic carbocycles. The molecule has 5 unspecified atom stereocenters. The molecule has 3 amide bonds. The lowest BCUT2D eigenvalue weighted by Gasteiger charge is -2.34. The normalized spacial score (nSPS) is 19.8. The Bertz CT molecular complexity index is 727. The number of nitrogens with one attached hydrogen (secondary N) is 2. The third-order valence-corrected chi connectivity index (χ3v) is 6.23. The van der Waals surface area contributed by atoms with E-state index in [9.17, 15) is 19.2 Å². The molecule has 194 valence electrons. The van der Waals surface area contributed by atoms with Crippen LogP contribution in [-0.2, 0) is 23.9 Å². The fraction of sp³-hybridized carbons (Fsp3) is 0.750. The molecule has 5 atom stereocenters. The molecule has 0 bridgehead atoms. The van der Waals surface area contributed by atoms with Crippen molar-refractivity contribution < 1.29 is 23.9 Å². The Morgan fingerprint density at radius 1 is 1.21 bits per heavy atom. The van der Waals surface area contributed by atoms with Crippen LogP contribution in [0.4, 0.5) is 0 Å². The predicted molar refractivity (Wildman–Crippen MR) is 130 cm³/mol. The van der Waals surface area contributed by atoms with Crippen LogP contribution >= 0.6 is 0 Å². The molecule has 0 aromatic rings. The predicted octanol–water partition coefficient (Wildman–Crippen LogP) is 0.962. The summed E-state index contributed by atoms with van der Waals surface area (Å²) in [6, 6.07) is -1.20. The van der Waals surface area contributed by atoms with Crippen LogP contribution in [0, 0.1) is 11.8 Å². The summed E-state index contributed by atoms with van der Waals surface area (Å²) in [6.45, 7) is 11.3. The number of hydrogen-bond donors (Lipinski definition) is 3. The fourth-order valence-electron chi connectivity index (χ4n) is 3.69. The summed E-state index contributed by atoms with van der Waals surface area (Å²) >= 11 is 0. The number of ether oxygens (including phenoxy) is 1. The Hall–Kier alpha value is -2.46. The van der Waals surface area contributed by atoms with Gasteiger partial charge in [-0.2, -0.15) is 0 Å². The Morgan fingerprint density at radius 3 is 2.38 bits per heavy atom. The molecule has 0 radical (unpaired) electrons. The monoisotopic (exact) mass is 481 g/mol. The van der Waals surface area contributed by atoms with Crippen molar-refractivity contribution in [2.75, 3.05) is 20.6 Å². The summed E-state index contributed by atoms with van der Waals surface area (Å²) in [5.41, 5.74) is 8.15. The number of amides is 3. The summed E-state index contributed by atoms with van der Waals surface area (Å²) in [5.74, 6) is -2.59. The molecule has 1 aliphatic rings. The van der Waals surface area contributed by atoms with Gasteiger partial charge in [-0.15, -0.1) is 6.58 Å².